The summed E-state index contributed by atoms with van der Waals surface area (Å²) in [6, 6.07) is 8.34. The normalized spacial score (nSPS) is 17.5. The van der Waals surface area contributed by atoms with Gasteiger partial charge >= 0.3 is 0 Å². The molecule has 1 saturated heterocycles. The first kappa shape index (κ1) is 21.0. The fraction of sp³-hybridized carbons (Fsp3) is 0.476. The van der Waals surface area contributed by atoms with Gasteiger partial charge in [-0.2, -0.15) is 4.31 Å². The maximum absolute atomic E-state index is 12.9. The van der Waals surface area contributed by atoms with Crippen LogP contribution in [0.4, 0.5) is 5.69 Å². The van der Waals surface area contributed by atoms with E-state index in [1.54, 1.807) is 35.2 Å². The first-order valence-corrected chi connectivity index (χ1v) is 11.5. The number of furan rings is 1. The summed E-state index contributed by atoms with van der Waals surface area (Å²) in [6.07, 6.45) is 0.667. The highest BCUT2D eigenvalue weighted by atomic mass is 32.2. The average molecular weight is 435 g/mol. The van der Waals surface area contributed by atoms with Gasteiger partial charge in [0, 0.05) is 25.3 Å². The van der Waals surface area contributed by atoms with Crippen LogP contribution in [-0.4, -0.2) is 57.6 Å². The third-order valence-corrected chi connectivity index (χ3v) is 7.13. The van der Waals surface area contributed by atoms with Gasteiger partial charge in [-0.3, -0.25) is 4.79 Å². The van der Waals surface area contributed by atoms with Crippen molar-refractivity contribution in [3.05, 3.63) is 47.4 Å². The van der Waals surface area contributed by atoms with E-state index in [2.05, 4.69) is 0 Å². The summed E-state index contributed by atoms with van der Waals surface area (Å²) in [5.74, 6) is 0.599. The van der Waals surface area contributed by atoms with Gasteiger partial charge in [-0.25, -0.2) is 8.42 Å². The predicted octanol–water partition coefficient (Wildman–Crippen LogP) is 2.43. The minimum Gasteiger partial charge on any atom is -0.453 e. The number of morpholine rings is 1. The second-order valence-electron chi connectivity index (χ2n) is 7.64. The van der Waals surface area contributed by atoms with Gasteiger partial charge in [0.15, 0.2) is 5.76 Å². The Kier molecular flexibility index (Phi) is 5.97. The quantitative estimate of drug-likeness (QED) is 0.694. The van der Waals surface area contributed by atoms with E-state index in [9.17, 15) is 13.2 Å². The fourth-order valence-electron chi connectivity index (χ4n) is 3.64. The number of carbonyl (C=O) groups excluding carboxylic acids is 1. The number of fused-ring (bicyclic) bond motifs is 1. The van der Waals surface area contributed by atoms with Gasteiger partial charge in [0.2, 0.25) is 10.0 Å². The fourth-order valence-corrected chi connectivity index (χ4v) is 5.10. The number of sulfonamides is 1. The van der Waals surface area contributed by atoms with Gasteiger partial charge in [-0.05, 0) is 56.2 Å². The van der Waals surface area contributed by atoms with Crippen LogP contribution in [0.2, 0.25) is 0 Å². The van der Waals surface area contributed by atoms with E-state index < -0.39 is 10.0 Å². The molecular formula is C21H26N2O6S. The molecule has 30 heavy (non-hydrogen) atoms. The Balaban J connectivity index is 1.51. The molecule has 1 amide bonds. The first-order valence-electron chi connectivity index (χ1n) is 10.1. The van der Waals surface area contributed by atoms with Crippen molar-refractivity contribution in [1.29, 1.82) is 0 Å². The predicted molar refractivity (Wildman–Crippen MR) is 110 cm³/mol. The maximum atomic E-state index is 12.9. The molecule has 0 N–H and O–H groups in total. The Morgan fingerprint density at radius 3 is 2.63 bits per heavy atom. The molecule has 0 spiro atoms. The Bertz CT molecular complexity index is 1020. The second kappa shape index (κ2) is 8.50. The number of hydrogen-bond donors (Lipinski definition) is 0. The molecule has 0 radical (unpaired) electrons. The van der Waals surface area contributed by atoms with Crippen LogP contribution in [0.25, 0.3) is 0 Å². The van der Waals surface area contributed by atoms with Crippen LogP contribution < -0.4 is 4.90 Å². The Morgan fingerprint density at radius 2 is 1.90 bits per heavy atom. The van der Waals surface area contributed by atoms with Crippen molar-refractivity contribution >= 4 is 21.6 Å². The minimum atomic E-state index is -3.57. The minimum absolute atomic E-state index is 0.0719. The summed E-state index contributed by atoms with van der Waals surface area (Å²) in [4.78, 5) is 14.8. The van der Waals surface area contributed by atoms with Crippen LogP contribution in [-0.2, 0) is 32.5 Å². The molecule has 8 nitrogen and oxygen atoms in total. The van der Waals surface area contributed by atoms with Gasteiger partial charge in [0.1, 0.15) is 12.4 Å². The lowest BCUT2D eigenvalue weighted by Gasteiger charge is -2.26. The Morgan fingerprint density at radius 1 is 1.13 bits per heavy atom. The molecule has 1 aromatic carbocycles. The number of ether oxygens (including phenoxy) is 2. The molecule has 1 fully saturated rings. The smallest absolute Gasteiger partial charge is 0.293 e. The van der Waals surface area contributed by atoms with E-state index in [4.69, 9.17) is 13.9 Å². The Hall–Kier alpha value is -2.20. The molecule has 2 aromatic rings. The van der Waals surface area contributed by atoms with Crippen molar-refractivity contribution in [2.24, 2.45) is 0 Å². The molecule has 0 bridgehead atoms. The van der Waals surface area contributed by atoms with Crippen LogP contribution >= 0.6 is 0 Å². The molecular weight excluding hydrogens is 408 g/mol. The van der Waals surface area contributed by atoms with Crippen molar-refractivity contribution in [2.45, 2.75) is 37.9 Å². The zero-order valence-corrected chi connectivity index (χ0v) is 18.0. The third-order valence-electron chi connectivity index (χ3n) is 5.23. The summed E-state index contributed by atoms with van der Waals surface area (Å²) >= 11 is 0. The van der Waals surface area contributed by atoms with E-state index in [0.717, 1.165) is 11.3 Å². The van der Waals surface area contributed by atoms with Crippen molar-refractivity contribution in [2.75, 3.05) is 37.7 Å². The van der Waals surface area contributed by atoms with Crippen molar-refractivity contribution in [1.82, 2.24) is 4.31 Å². The molecule has 162 valence electrons. The molecule has 0 unspecified atom stereocenters. The van der Waals surface area contributed by atoms with Crippen LogP contribution in [0.1, 0.15) is 35.7 Å². The number of hydrogen-bond acceptors (Lipinski definition) is 6. The highest BCUT2D eigenvalue weighted by Gasteiger charge is 2.31. The SMILES string of the molecule is CC(C)OCc1ccc(C(=O)N2CCc3cc(S(=O)(=O)N4CCOCC4)ccc32)o1. The van der Waals surface area contributed by atoms with Gasteiger partial charge in [-0.15, -0.1) is 0 Å². The summed E-state index contributed by atoms with van der Waals surface area (Å²) in [6.45, 7) is 6.17. The lowest BCUT2D eigenvalue weighted by molar-refractivity contribution is 0.0536. The van der Waals surface area contributed by atoms with Crippen LogP contribution in [0, 0.1) is 0 Å². The first-order chi connectivity index (χ1) is 14.4. The number of benzene rings is 1. The van der Waals surface area contributed by atoms with Crippen molar-refractivity contribution < 1.29 is 27.1 Å². The van der Waals surface area contributed by atoms with Gasteiger partial charge in [0.25, 0.3) is 5.91 Å². The van der Waals surface area contributed by atoms with Crippen LogP contribution in [0.3, 0.4) is 0 Å². The van der Waals surface area contributed by atoms with E-state index in [-0.39, 0.29) is 22.7 Å². The van der Waals surface area contributed by atoms with Crippen molar-refractivity contribution in [3.63, 3.8) is 0 Å². The molecule has 9 heteroatoms. The summed E-state index contributed by atoms with van der Waals surface area (Å²) in [7, 11) is -3.57. The topological polar surface area (TPSA) is 89.3 Å². The second-order valence-corrected chi connectivity index (χ2v) is 9.58. The summed E-state index contributed by atoms with van der Waals surface area (Å²) in [5.41, 5.74) is 1.56. The molecule has 4 rings (SSSR count). The zero-order chi connectivity index (χ0) is 21.3. The molecule has 1 aromatic heterocycles. The number of anilines is 1. The number of amides is 1. The number of carbonyl (C=O) groups is 1. The monoisotopic (exact) mass is 434 g/mol. The maximum Gasteiger partial charge on any atom is 0.293 e. The highest BCUT2D eigenvalue weighted by Crippen LogP contribution is 2.32. The molecule has 0 atom stereocenters. The Labute approximate surface area is 176 Å². The molecule has 3 heterocycles. The van der Waals surface area contributed by atoms with E-state index in [1.807, 2.05) is 13.8 Å². The van der Waals surface area contributed by atoms with Crippen LogP contribution in [0.5, 0.6) is 0 Å². The van der Waals surface area contributed by atoms with Gasteiger partial charge in [-0.1, -0.05) is 0 Å². The van der Waals surface area contributed by atoms with E-state index in [1.165, 1.54) is 4.31 Å². The summed E-state index contributed by atoms with van der Waals surface area (Å²) < 4.78 is 43.7. The lowest BCUT2D eigenvalue weighted by Crippen LogP contribution is -2.40. The third kappa shape index (κ3) is 4.15. The zero-order valence-electron chi connectivity index (χ0n) is 17.2. The van der Waals surface area contributed by atoms with E-state index in [0.29, 0.717) is 51.6 Å². The largest absolute Gasteiger partial charge is 0.453 e. The molecule has 2 aliphatic rings. The number of rotatable bonds is 6. The average Bonchev–Trinajstić information content (AvgIpc) is 3.39. The van der Waals surface area contributed by atoms with E-state index >= 15 is 0 Å². The van der Waals surface area contributed by atoms with Gasteiger partial charge < -0.3 is 18.8 Å². The van der Waals surface area contributed by atoms with Crippen molar-refractivity contribution in [3.8, 4) is 0 Å². The summed E-state index contributed by atoms with van der Waals surface area (Å²) in [5, 5.41) is 0. The number of nitrogens with zero attached hydrogens (tertiary/aromatic N) is 2. The van der Waals surface area contributed by atoms with Crippen LogP contribution in [0.15, 0.2) is 39.6 Å². The molecule has 0 saturated carbocycles. The molecule has 0 aliphatic carbocycles. The lowest BCUT2D eigenvalue weighted by atomic mass is 10.2. The molecule has 2 aliphatic heterocycles. The standard InChI is InChI=1S/C21H26N2O6S/c1-15(2)28-14-17-3-6-20(29-17)21(24)23-8-7-16-13-18(4-5-19(16)23)30(25,26)22-9-11-27-12-10-22/h3-6,13,15H,7-12,14H2,1-2H3. The van der Waals surface area contributed by atoms with Gasteiger partial charge in [0.05, 0.1) is 24.2 Å². The highest BCUT2D eigenvalue weighted by molar-refractivity contribution is 7.89.